The Bertz CT molecular complexity index is 985. The monoisotopic (exact) mass is 425 g/mol. The Morgan fingerprint density at radius 3 is 2.48 bits per heavy atom. The first kappa shape index (κ1) is 21.0. The Balaban J connectivity index is 1.37. The van der Waals surface area contributed by atoms with Crippen LogP contribution in [-0.4, -0.2) is 69.5 Å². The lowest BCUT2D eigenvalue weighted by Crippen LogP contribution is -2.38. The molecule has 1 aromatic heterocycles. The highest BCUT2D eigenvalue weighted by atomic mass is 16.5. The van der Waals surface area contributed by atoms with Crippen LogP contribution in [0.3, 0.4) is 0 Å². The summed E-state index contributed by atoms with van der Waals surface area (Å²) in [7, 11) is 3.19. The minimum atomic E-state index is -0.249. The number of rotatable bonds is 8. The second kappa shape index (κ2) is 9.72. The molecule has 0 radical (unpaired) electrons. The van der Waals surface area contributed by atoms with Crippen LogP contribution in [0.15, 0.2) is 42.5 Å². The molecule has 0 atom stereocenters. The summed E-state index contributed by atoms with van der Waals surface area (Å²) in [6, 6.07) is 12.7. The van der Waals surface area contributed by atoms with Gasteiger partial charge in [0.05, 0.1) is 33.0 Å². The van der Waals surface area contributed by atoms with Gasteiger partial charge in [0.25, 0.3) is 5.91 Å². The molecule has 164 valence electrons. The molecule has 2 N–H and O–H groups in total. The van der Waals surface area contributed by atoms with Crippen molar-refractivity contribution in [3.05, 3.63) is 48.2 Å². The van der Waals surface area contributed by atoms with E-state index in [1.54, 1.807) is 26.4 Å². The fourth-order valence-electron chi connectivity index (χ4n) is 3.59. The summed E-state index contributed by atoms with van der Waals surface area (Å²) in [6.07, 6.45) is 0. The van der Waals surface area contributed by atoms with E-state index < -0.39 is 0 Å². The van der Waals surface area contributed by atoms with Gasteiger partial charge in [-0.05, 0) is 42.5 Å². The highest BCUT2D eigenvalue weighted by Gasteiger charge is 2.16. The largest absolute Gasteiger partial charge is 0.496 e. The molecule has 31 heavy (non-hydrogen) atoms. The molecule has 4 rings (SSSR count). The van der Waals surface area contributed by atoms with Crippen molar-refractivity contribution in [3.63, 3.8) is 0 Å². The number of aromatic amines is 1. The van der Waals surface area contributed by atoms with Crippen molar-refractivity contribution >= 4 is 22.5 Å². The van der Waals surface area contributed by atoms with E-state index in [9.17, 15) is 4.79 Å². The fraction of sp³-hybridized carbons (Fsp3) is 0.348. The van der Waals surface area contributed by atoms with Gasteiger partial charge in [-0.1, -0.05) is 0 Å². The van der Waals surface area contributed by atoms with E-state index >= 15 is 0 Å². The number of benzene rings is 2. The van der Waals surface area contributed by atoms with Crippen molar-refractivity contribution < 1.29 is 23.7 Å². The standard InChI is InChI=1S/C23H27N3O5/c1-28-20-7-8-21(29-2)22-18(20)15-19(25-22)23(27)24-16-3-5-17(6-4-16)31-14-11-26-9-12-30-13-10-26/h3-8,15,25H,9-14H2,1-2H3,(H,24,27). The van der Waals surface area contributed by atoms with Gasteiger partial charge < -0.3 is 29.2 Å². The molecule has 0 bridgehead atoms. The summed E-state index contributed by atoms with van der Waals surface area (Å²) in [6.45, 7) is 4.94. The van der Waals surface area contributed by atoms with Gasteiger partial charge in [0.1, 0.15) is 29.5 Å². The third kappa shape index (κ3) is 4.92. The number of carbonyl (C=O) groups is 1. The quantitative estimate of drug-likeness (QED) is 0.577. The lowest BCUT2D eigenvalue weighted by atomic mass is 10.2. The van der Waals surface area contributed by atoms with Crippen LogP contribution < -0.4 is 19.5 Å². The number of anilines is 1. The van der Waals surface area contributed by atoms with Crippen LogP contribution >= 0.6 is 0 Å². The Morgan fingerprint density at radius 1 is 1.06 bits per heavy atom. The first-order valence-corrected chi connectivity index (χ1v) is 10.3. The molecule has 8 nitrogen and oxygen atoms in total. The minimum Gasteiger partial charge on any atom is -0.496 e. The van der Waals surface area contributed by atoms with Crippen molar-refractivity contribution in [1.29, 1.82) is 0 Å². The Morgan fingerprint density at radius 2 is 1.77 bits per heavy atom. The van der Waals surface area contributed by atoms with E-state index in [0.29, 0.717) is 29.5 Å². The Kier molecular flexibility index (Phi) is 6.59. The van der Waals surface area contributed by atoms with Gasteiger partial charge in [-0.2, -0.15) is 0 Å². The first-order chi connectivity index (χ1) is 15.2. The van der Waals surface area contributed by atoms with Crippen LogP contribution in [0, 0.1) is 0 Å². The number of methoxy groups -OCH3 is 2. The van der Waals surface area contributed by atoms with E-state index in [2.05, 4.69) is 15.2 Å². The number of H-pyrrole nitrogens is 1. The molecule has 1 amide bonds. The topological polar surface area (TPSA) is 85.0 Å². The van der Waals surface area contributed by atoms with Gasteiger partial charge in [0, 0.05) is 30.7 Å². The molecule has 2 heterocycles. The maximum absolute atomic E-state index is 12.7. The molecule has 0 aliphatic carbocycles. The molecular weight excluding hydrogens is 398 g/mol. The maximum Gasteiger partial charge on any atom is 0.272 e. The highest BCUT2D eigenvalue weighted by Crippen LogP contribution is 2.33. The summed E-state index contributed by atoms with van der Waals surface area (Å²) in [5.41, 5.74) is 1.82. The van der Waals surface area contributed by atoms with E-state index in [-0.39, 0.29) is 5.91 Å². The first-order valence-electron chi connectivity index (χ1n) is 10.3. The number of morpholine rings is 1. The third-order valence-electron chi connectivity index (χ3n) is 5.29. The SMILES string of the molecule is COc1ccc(OC)c2[nH]c(C(=O)Nc3ccc(OCCN4CCOCC4)cc3)cc12. The van der Waals surface area contributed by atoms with Crippen LogP contribution in [0.1, 0.15) is 10.5 Å². The van der Waals surface area contributed by atoms with Gasteiger partial charge >= 0.3 is 0 Å². The number of aromatic nitrogens is 1. The minimum absolute atomic E-state index is 0.249. The van der Waals surface area contributed by atoms with Crippen molar-refractivity contribution in [2.24, 2.45) is 0 Å². The number of hydrogen-bond acceptors (Lipinski definition) is 6. The zero-order chi connectivity index (χ0) is 21.6. The Labute approximate surface area is 181 Å². The lowest BCUT2D eigenvalue weighted by molar-refractivity contribution is 0.0322. The van der Waals surface area contributed by atoms with Crippen molar-refractivity contribution in [3.8, 4) is 17.2 Å². The summed E-state index contributed by atoms with van der Waals surface area (Å²) < 4.78 is 21.9. The summed E-state index contributed by atoms with van der Waals surface area (Å²) in [4.78, 5) is 18.2. The van der Waals surface area contributed by atoms with Crippen LogP contribution in [-0.2, 0) is 4.74 Å². The van der Waals surface area contributed by atoms with Crippen molar-refractivity contribution in [2.75, 3.05) is 59.0 Å². The zero-order valence-electron chi connectivity index (χ0n) is 17.8. The molecule has 3 aromatic rings. The molecule has 1 fully saturated rings. The number of fused-ring (bicyclic) bond motifs is 1. The molecule has 8 heteroatoms. The fourth-order valence-corrected chi connectivity index (χ4v) is 3.59. The van der Waals surface area contributed by atoms with Gasteiger partial charge in [-0.25, -0.2) is 0 Å². The number of nitrogens with one attached hydrogen (secondary N) is 2. The molecule has 0 spiro atoms. The summed E-state index contributed by atoms with van der Waals surface area (Å²) >= 11 is 0. The molecular formula is C23H27N3O5. The third-order valence-corrected chi connectivity index (χ3v) is 5.29. The molecule has 0 unspecified atom stereocenters. The normalized spacial score (nSPS) is 14.4. The molecule has 1 aliphatic heterocycles. The van der Waals surface area contributed by atoms with Crippen LogP contribution in [0.5, 0.6) is 17.2 Å². The van der Waals surface area contributed by atoms with Crippen LogP contribution in [0.4, 0.5) is 5.69 Å². The lowest BCUT2D eigenvalue weighted by Gasteiger charge is -2.26. The Hall–Kier alpha value is -3.23. The van der Waals surface area contributed by atoms with Crippen molar-refractivity contribution in [1.82, 2.24) is 9.88 Å². The number of amides is 1. The number of carbonyl (C=O) groups excluding carboxylic acids is 1. The molecule has 1 saturated heterocycles. The van der Waals surface area contributed by atoms with Crippen LogP contribution in [0.25, 0.3) is 10.9 Å². The van der Waals surface area contributed by atoms with E-state index in [0.717, 1.165) is 49.5 Å². The van der Waals surface area contributed by atoms with E-state index in [4.69, 9.17) is 18.9 Å². The average molecular weight is 425 g/mol. The van der Waals surface area contributed by atoms with Crippen molar-refractivity contribution in [2.45, 2.75) is 0 Å². The smallest absolute Gasteiger partial charge is 0.272 e. The number of nitrogens with zero attached hydrogens (tertiary/aromatic N) is 1. The summed E-state index contributed by atoms with van der Waals surface area (Å²) in [5, 5.41) is 3.69. The second-order valence-corrected chi connectivity index (χ2v) is 7.22. The van der Waals surface area contributed by atoms with E-state index in [1.807, 2.05) is 30.3 Å². The van der Waals surface area contributed by atoms with Gasteiger partial charge in [0.15, 0.2) is 0 Å². The molecule has 0 saturated carbocycles. The molecule has 1 aliphatic rings. The zero-order valence-corrected chi connectivity index (χ0v) is 17.8. The average Bonchev–Trinajstić information content (AvgIpc) is 3.26. The van der Waals surface area contributed by atoms with Gasteiger partial charge in [-0.3, -0.25) is 9.69 Å². The van der Waals surface area contributed by atoms with E-state index in [1.165, 1.54) is 0 Å². The summed E-state index contributed by atoms with van der Waals surface area (Å²) in [5.74, 6) is 1.84. The van der Waals surface area contributed by atoms with Gasteiger partial charge in [-0.15, -0.1) is 0 Å². The second-order valence-electron chi connectivity index (χ2n) is 7.22. The molecule has 2 aromatic carbocycles. The van der Waals surface area contributed by atoms with Crippen LogP contribution in [0.2, 0.25) is 0 Å². The predicted molar refractivity (Wildman–Crippen MR) is 119 cm³/mol. The highest BCUT2D eigenvalue weighted by molar-refractivity contribution is 6.07. The van der Waals surface area contributed by atoms with Gasteiger partial charge in [0.2, 0.25) is 0 Å². The maximum atomic E-state index is 12.7. The number of hydrogen-bond donors (Lipinski definition) is 2. The number of ether oxygens (including phenoxy) is 4. The predicted octanol–water partition coefficient (Wildman–Crippen LogP) is 3.15.